The molecule has 0 spiro atoms. The first-order valence-corrected chi connectivity index (χ1v) is 8.27. The minimum atomic E-state index is -0.474. The summed E-state index contributed by atoms with van der Waals surface area (Å²) in [5, 5.41) is 3.93. The summed E-state index contributed by atoms with van der Waals surface area (Å²) in [6, 6.07) is 5.39. The van der Waals surface area contributed by atoms with Crippen LogP contribution in [0.3, 0.4) is 0 Å². The number of rotatable bonds is 4. The number of benzene rings is 1. The summed E-state index contributed by atoms with van der Waals surface area (Å²) >= 11 is 6.80. The summed E-state index contributed by atoms with van der Waals surface area (Å²) < 4.78 is 4.84. The summed E-state index contributed by atoms with van der Waals surface area (Å²) in [5.41, 5.74) is 3.94. The molecule has 1 heterocycles. The molecule has 20 heavy (non-hydrogen) atoms. The second-order valence-electron chi connectivity index (χ2n) is 3.93. The first kappa shape index (κ1) is 15.2. The van der Waals surface area contributed by atoms with Crippen molar-refractivity contribution >= 4 is 54.7 Å². The van der Waals surface area contributed by atoms with Gasteiger partial charge in [0, 0.05) is 16.3 Å². The Labute approximate surface area is 133 Å². The maximum Gasteiger partial charge on any atom is 0.411 e. The zero-order valence-corrected chi connectivity index (χ0v) is 14.0. The first-order valence-electron chi connectivity index (χ1n) is 6.03. The predicted octanol–water partition coefficient (Wildman–Crippen LogP) is 3.99. The highest BCUT2D eigenvalue weighted by Crippen LogP contribution is 2.20. The number of nitrogens with zero attached hydrogens (tertiary/aromatic N) is 2. The molecule has 0 saturated heterocycles. The molecule has 0 aliphatic heterocycles. The second-order valence-corrected chi connectivity index (χ2v) is 5.05. The number of alkyl halides is 2. The van der Waals surface area contributed by atoms with Gasteiger partial charge in [-0.2, -0.15) is 0 Å². The molecular formula is C13H13Br2N3O2. The first-order chi connectivity index (χ1) is 9.67. The van der Waals surface area contributed by atoms with Crippen LogP contribution >= 0.6 is 31.9 Å². The van der Waals surface area contributed by atoms with Crippen molar-refractivity contribution in [3.63, 3.8) is 0 Å². The molecule has 5 nitrogen and oxygen atoms in total. The highest BCUT2D eigenvalue weighted by Gasteiger charge is 2.08. The third kappa shape index (κ3) is 3.46. The highest BCUT2D eigenvalue weighted by molar-refractivity contribution is 9.09. The van der Waals surface area contributed by atoms with Crippen LogP contribution in [0.15, 0.2) is 18.2 Å². The van der Waals surface area contributed by atoms with E-state index in [1.54, 1.807) is 19.1 Å². The average molecular weight is 403 g/mol. The normalized spacial score (nSPS) is 10.6. The molecule has 106 valence electrons. The van der Waals surface area contributed by atoms with Crippen molar-refractivity contribution in [1.82, 2.24) is 9.97 Å². The molecule has 0 aliphatic rings. The molecule has 2 rings (SSSR count). The topological polar surface area (TPSA) is 64.1 Å². The van der Waals surface area contributed by atoms with Gasteiger partial charge in [0.2, 0.25) is 0 Å². The van der Waals surface area contributed by atoms with Gasteiger partial charge in [0.25, 0.3) is 0 Å². The maximum absolute atomic E-state index is 11.4. The van der Waals surface area contributed by atoms with Gasteiger partial charge in [0.15, 0.2) is 0 Å². The molecule has 0 saturated carbocycles. The Hall–Kier alpha value is -1.21. The van der Waals surface area contributed by atoms with E-state index in [1.165, 1.54) is 0 Å². The van der Waals surface area contributed by atoms with Crippen LogP contribution in [-0.2, 0) is 15.4 Å². The Morgan fingerprint density at radius 3 is 2.45 bits per heavy atom. The summed E-state index contributed by atoms with van der Waals surface area (Å²) in [6.45, 7) is 2.09. The van der Waals surface area contributed by atoms with Gasteiger partial charge in [-0.3, -0.25) is 5.32 Å². The van der Waals surface area contributed by atoms with Crippen molar-refractivity contribution in [1.29, 1.82) is 0 Å². The monoisotopic (exact) mass is 401 g/mol. The number of carbonyl (C=O) groups excluding carboxylic acids is 1. The largest absolute Gasteiger partial charge is 0.450 e. The van der Waals surface area contributed by atoms with Gasteiger partial charge >= 0.3 is 6.09 Å². The number of hydrogen-bond donors (Lipinski definition) is 1. The smallest absolute Gasteiger partial charge is 0.411 e. The molecule has 2 aromatic rings. The van der Waals surface area contributed by atoms with Crippen LogP contribution in [0.4, 0.5) is 10.5 Å². The maximum atomic E-state index is 11.4. The third-order valence-corrected chi connectivity index (χ3v) is 3.66. The van der Waals surface area contributed by atoms with Crippen molar-refractivity contribution < 1.29 is 9.53 Å². The van der Waals surface area contributed by atoms with Gasteiger partial charge in [-0.05, 0) is 25.1 Å². The molecule has 1 amide bonds. The molecule has 0 fully saturated rings. The van der Waals surface area contributed by atoms with E-state index < -0.39 is 6.09 Å². The van der Waals surface area contributed by atoms with Crippen LogP contribution in [0.5, 0.6) is 0 Å². The Balaban J connectivity index is 2.35. The lowest BCUT2D eigenvalue weighted by Gasteiger charge is -2.08. The van der Waals surface area contributed by atoms with Gasteiger partial charge in [0.05, 0.1) is 29.0 Å². The summed E-state index contributed by atoms with van der Waals surface area (Å²) in [4.78, 5) is 20.5. The number of carbonyl (C=O) groups is 1. The van der Waals surface area contributed by atoms with Gasteiger partial charge in [-0.25, -0.2) is 14.8 Å². The molecule has 1 aromatic heterocycles. The van der Waals surface area contributed by atoms with Crippen molar-refractivity contribution in [3.8, 4) is 0 Å². The zero-order valence-electron chi connectivity index (χ0n) is 10.8. The van der Waals surface area contributed by atoms with Gasteiger partial charge in [0.1, 0.15) is 0 Å². The van der Waals surface area contributed by atoms with E-state index in [4.69, 9.17) is 4.74 Å². The molecule has 0 bridgehead atoms. The second kappa shape index (κ2) is 6.99. The molecule has 0 radical (unpaired) electrons. The Morgan fingerprint density at radius 2 is 1.85 bits per heavy atom. The van der Waals surface area contributed by atoms with E-state index in [0.29, 0.717) is 23.0 Å². The van der Waals surface area contributed by atoms with E-state index in [0.717, 1.165) is 22.4 Å². The third-order valence-electron chi connectivity index (χ3n) is 2.59. The van der Waals surface area contributed by atoms with Crippen molar-refractivity contribution in [2.45, 2.75) is 17.6 Å². The van der Waals surface area contributed by atoms with E-state index in [2.05, 4.69) is 47.1 Å². The lowest BCUT2D eigenvalue weighted by Crippen LogP contribution is -2.13. The fourth-order valence-corrected chi connectivity index (χ4v) is 2.60. The fourth-order valence-electron chi connectivity index (χ4n) is 1.70. The van der Waals surface area contributed by atoms with E-state index >= 15 is 0 Å². The number of fused-ring (bicyclic) bond motifs is 1. The van der Waals surface area contributed by atoms with E-state index in [1.807, 2.05) is 6.07 Å². The minimum Gasteiger partial charge on any atom is -0.450 e. The predicted molar refractivity (Wildman–Crippen MR) is 85.4 cm³/mol. The Kier molecular flexibility index (Phi) is 5.31. The van der Waals surface area contributed by atoms with Crippen LogP contribution in [0, 0.1) is 0 Å². The van der Waals surface area contributed by atoms with Gasteiger partial charge in [-0.15, -0.1) is 0 Å². The number of amides is 1. The van der Waals surface area contributed by atoms with Gasteiger partial charge < -0.3 is 4.74 Å². The summed E-state index contributed by atoms with van der Waals surface area (Å²) in [5.74, 6) is 0. The van der Waals surface area contributed by atoms with Crippen LogP contribution in [0.2, 0.25) is 0 Å². The van der Waals surface area contributed by atoms with E-state index in [9.17, 15) is 4.79 Å². The number of hydrogen-bond acceptors (Lipinski definition) is 4. The van der Waals surface area contributed by atoms with E-state index in [-0.39, 0.29) is 0 Å². The molecule has 7 heteroatoms. The van der Waals surface area contributed by atoms with Crippen LogP contribution in [0.1, 0.15) is 18.3 Å². The number of halogens is 2. The SMILES string of the molecule is CCOC(=O)Nc1ccc2nc(CBr)c(CBr)nc2c1. The molecule has 0 atom stereocenters. The summed E-state index contributed by atoms with van der Waals surface area (Å²) in [7, 11) is 0. The number of nitrogens with one attached hydrogen (secondary N) is 1. The highest BCUT2D eigenvalue weighted by atomic mass is 79.9. The average Bonchev–Trinajstić information content (AvgIpc) is 2.45. The summed E-state index contributed by atoms with van der Waals surface area (Å²) in [6.07, 6.45) is -0.474. The van der Waals surface area contributed by atoms with Crippen molar-refractivity contribution in [2.75, 3.05) is 11.9 Å². The molecular weight excluding hydrogens is 390 g/mol. The molecule has 1 aromatic carbocycles. The Morgan fingerprint density at radius 1 is 1.20 bits per heavy atom. The molecule has 1 N–H and O–H groups in total. The Bertz CT molecular complexity index is 634. The lowest BCUT2D eigenvalue weighted by atomic mass is 10.2. The van der Waals surface area contributed by atoms with Crippen molar-refractivity contribution in [2.24, 2.45) is 0 Å². The minimum absolute atomic E-state index is 0.335. The fraction of sp³-hybridized carbons (Fsp3) is 0.308. The zero-order chi connectivity index (χ0) is 14.5. The molecule has 0 unspecified atom stereocenters. The lowest BCUT2D eigenvalue weighted by molar-refractivity contribution is 0.168. The standard InChI is InChI=1S/C13H13Br2N3O2/c1-2-20-13(19)16-8-3-4-9-10(5-8)18-12(7-15)11(6-14)17-9/h3-5H,2,6-7H2,1H3,(H,16,19). The number of ether oxygens (including phenoxy) is 1. The number of anilines is 1. The van der Waals surface area contributed by atoms with Gasteiger partial charge in [-0.1, -0.05) is 31.9 Å². The van der Waals surface area contributed by atoms with Crippen LogP contribution in [-0.4, -0.2) is 22.7 Å². The van der Waals surface area contributed by atoms with Crippen molar-refractivity contribution in [3.05, 3.63) is 29.6 Å². The van der Waals surface area contributed by atoms with Crippen LogP contribution < -0.4 is 5.32 Å². The molecule has 0 aliphatic carbocycles. The quantitative estimate of drug-likeness (QED) is 0.785. The number of aromatic nitrogens is 2. The van der Waals surface area contributed by atoms with Crippen LogP contribution in [0.25, 0.3) is 11.0 Å².